The summed E-state index contributed by atoms with van der Waals surface area (Å²) in [5.74, 6) is 1.63. The predicted octanol–water partition coefficient (Wildman–Crippen LogP) is 3.61. The molecule has 0 aromatic carbocycles. The molecule has 102 valence electrons. The average molecular weight is 241 g/mol. The van der Waals surface area contributed by atoms with Crippen molar-refractivity contribution in [2.75, 3.05) is 19.7 Å². The molecule has 2 nitrogen and oxygen atoms in total. The Morgan fingerprint density at radius 2 is 2.18 bits per heavy atom. The molecule has 0 aliphatic carbocycles. The molecule has 1 rings (SSSR count). The highest BCUT2D eigenvalue weighted by atomic mass is 16.5. The third-order valence-corrected chi connectivity index (χ3v) is 3.90. The van der Waals surface area contributed by atoms with Gasteiger partial charge in [-0.15, -0.1) is 0 Å². The third-order valence-electron chi connectivity index (χ3n) is 3.90. The first-order chi connectivity index (χ1) is 8.24. The van der Waals surface area contributed by atoms with Gasteiger partial charge >= 0.3 is 0 Å². The van der Waals surface area contributed by atoms with Gasteiger partial charge in [0.25, 0.3) is 0 Å². The summed E-state index contributed by atoms with van der Waals surface area (Å²) in [7, 11) is 0. The average Bonchev–Trinajstić information content (AvgIpc) is 2.80. The lowest BCUT2D eigenvalue weighted by Gasteiger charge is -2.22. The molecular formula is C15H31NO. The molecule has 1 saturated heterocycles. The fraction of sp³-hybridized carbons (Fsp3) is 1.00. The molecule has 1 aliphatic heterocycles. The van der Waals surface area contributed by atoms with Gasteiger partial charge in [0.2, 0.25) is 0 Å². The molecule has 0 bridgehead atoms. The van der Waals surface area contributed by atoms with Gasteiger partial charge in [-0.1, -0.05) is 27.2 Å². The van der Waals surface area contributed by atoms with E-state index in [1.54, 1.807) is 0 Å². The lowest BCUT2D eigenvalue weighted by Crippen LogP contribution is -2.27. The molecule has 1 N–H and O–H groups in total. The molecule has 0 amide bonds. The van der Waals surface area contributed by atoms with E-state index in [0.717, 1.165) is 25.0 Å². The fourth-order valence-electron chi connectivity index (χ4n) is 2.62. The largest absolute Gasteiger partial charge is 0.378 e. The zero-order valence-corrected chi connectivity index (χ0v) is 12.0. The Morgan fingerprint density at radius 3 is 2.76 bits per heavy atom. The minimum Gasteiger partial charge on any atom is -0.378 e. The van der Waals surface area contributed by atoms with Crippen molar-refractivity contribution in [3.63, 3.8) is 0 Å². The minimum atomic E-state index is 0.575. The van der Waals surface area contributed by atoms with Gasteiger partial charge in [0.1, 0.15) is 0 Å². The number of hydrogen-bond acceptors (Lipinski definition) is 2. The van der Waals surface area contributed by atoms with Gasteiger partial charge in [0.05, 0.1) is 6.10 Å². The van der Waals surface area contributed by atoms with E-state index in [1.165, 1.54) is 45.1 Å². The maximum Gasteiger partial charge on any atom is 0.0576 e. The molecule has 0 radical (unpaired) electrons. The van der Waals surface area contributed by atoms with Crippen LogP contribution in [0.2, 0.25) is 0 Å². The molecule has 0 saturated carbocycles. The zero-order chi connectivity index (χ0) is 12.5. The van der Waals surface area contributed by atoms with E-state index in [1.807, 2.05) is 0 Å². The topological polar surface area (TPSA) is 21.3 Å². The highest BCUT2D eigenvalue weighted by Gasteiger charge is 2.17. The van der Waals surface area contributed by atoms with Crippen molar-refractivity contribution in [3.8, 4) is 0 Å². The maximum atomic E-state index is 5.68. The Kier molecular flexibility index (Phi) is 7.87. The minimum absolute atomic E-state index is 0.575. The van der Waals surface area contributed by atoms with E-state index in [-0.39, 0.29) is 0 Å². The molecule has 1 fully saturated rings. The van der Waals surface area contributed by atoms with Crippen LogP contribution >= 0.6 is 0 Å². The molecule has 17 heavy (non-hydrogen) atoms. The second-order valence-corrected chi connectivity index (χ2v) is 5.77. The van der Waals surface area contributed by atoms with Crippen LogP contribution in [0.4, 0.5) is 0 Å². The number of nitrogens with one attached hydrogen (secondary N) is 1. The van der Waals surface area contributed by atoms with Crippen molar-refractivity contribution in [2.45, 2.75) is 65.4 Å². The van der Waals surface area contributed by atoms with Gasteiger partial charge < -0.3 is 10.1 Å². The number of rotatable bonds is 9. The Hall–Kier alpha value is -0.0800. The van der Waals surface area contributed by atoms with Gasteiger partial charge in [-0.3, -0.25) is 0 Å². The van der Waals surface area contributed by atoms with Gasteiger partial charge in [0, 0.05) is 6.61 Å². The Labute approximate surface area is 108 Å². The van der Waals surface area contributed by atoms with E-state index in [2.05, 4.69) is 26.1 Å². The van der Waals surface area contributed by atoms with E-state index in [9.17, 15) is 0 Å². The predicted molar refractivity (Wildman–Crippen MR) is 74.3 cm³/mol. The molecule has 2 unspecified atom stereocenters. The van der Waals surface area contributed by atoms with Crippen molar-refractivity contribution >= 4 is 0 Å². The van der Waals surface area contributed by atoms with Crippen molar-refractivity contribution < 1.29 is 4.74 Å². The van der Waals surface area contributed by atoms with Crippen LogP contribution in [-0.2, 0) is 4.74 Å². The third kappa shape index (κ3) is 6.42. The van der Waals surface area contributed by atoms with Crippen LogP contribution in [0.25, 0.3) is 0 Å². The van der Waals surface area contributed by atoms with Crippen molar-refractivity contribution in [1.29, 1.82) is 0 Å². The summed E-state index contributed by atoms with van der Waals surface area (Å²) in [4.78, 5) is 0. The summed E-state index contributed by atoms with van der Waals surface area (Å²) >= 11 is 0. The second kappa shape index (κ2) is 8.93. The summed E-state index contributed by atoms with van der Waals surface area (Å²) in [6.07, 6.45) is 8.34. The summed E-state index contributed by atoms with van der Waals surface area (Å²) < 4.78 is 5.68. The van der Waals surface area contributed by atoms with Gasteiger partial charge in [-0.25, -0.2) is 0 Å². The molecule has 1 heterocycles. The molecule has 0 aromatic heterocycles. The summed E-state index contributed by atoms with van der Waals surface area (Å²) in [5, 5.41) is 3.56. The Morgan fingerprint density at radius 1 is 1.35 bits per heavy atom. The highest BCUT2D eigenvalue weighted by Crippen LogP contribution is 2.22. The molecule has 2 atom stereocenters. The van der Waals surface area contributed by atoms with Crippen LogP contribution in [-0.4, -0.2) is 25.8 Å². The van der Waals surface area contributed by atoms with Gasteiger partial charge in [-0.05, 0) is 57.0 Å². The van der Waals surface area contributed by atoms with Crippen LogP contribution in [0.5, 0.6) is 0 Å². The first-order valence-electron chi connectivity index (χ1n) is 7.56. The quantitative estimate of drug-likeness (QED) is 0.623. The molecular weight excluding hydrogens is 210 g/mol. The first-order valence-corrected chi connectivity index (χ1v) is 7.56. The lowest BCUT2D eigenvalue weighted by molar-refractivity contribution is 0.0998. The summed E-state index contributed by atoms with van der Waals surface area (Å²) in [6.45, 7) is 10.3. The van der Waals surface area contributed by atoms with Crippen molar-refractivity contribution in [2.24, 2.45) is 11.8 Å². The van der Waals surface area contributed by atoms with Crippen LogP contribution in [0.15, 0.2) is 0 Å². The lowest BCUT2D eigenvalue weighted by atomic mass is 9.90. The maximum absolute atomic E-state index is 5.68. The van der Waals surface area contributed by atoms with Crippen LogP contribution < -0.4 is 5.32 Å². The smallest absolute Gasteiger partial charge is 0.0576 e. The molecule has 0 spiro atoms. The van der Waals surface area contributed by atoms with E-state index >= 15 is 0 Å². The monoisotopic (exact) mass is 241 g/mol. The number of hydrogen-bond donors (Lipinski definition) is 1. The Bertz CT molecular complexity index is 176. The van der Waals surface area contributed by atoms with Gasteiger partial charge in [-0.2, -0.15) is 0 Å². The first kappa shape index (κ1) is 15.0. The normalized spacial score (nSPS) is 22.2. The van der Waals surface area contributed by atoms with E-state index in [0.29, 0.717) is 6.10 Å². The van der Waals surface area contributed by atoms with Crippen LogP contribution in [0.1, 0.15) is 59.3 Å². The summed E-state index contributed by atoms with van der Waals surface area (Å²) in [5.41, 5.74) is 0. The van der Waals surface area contributed by atoms with Crippen LogP contribution in [0, 0.1) is 11.8 Å². The molecule has 0 aromatic rings. The summed E-state index contributed by atoms with van der Waals surface area (Å²) in [6, 6.07) is 0. The van der Waals surface area contributed by atoms with Crippen molar-refractivity contribution in [1.82, 2.24) is 5.32 Å². The van der Waals surface area contributed by atoms with E-state index in [4.69, 9.17) is 4.74 Å². The van der Waals surface area contributed by atoms with E-state index < -0.39 is 0 Å². The number of ether oxygens (including phenoxy) is 1. The zero-order valence-electron chi connectivity index (χ0n) is 12.0. The standard InChI is InChI=1S/C15H31NO/c1-4-10-16-12-14(13(2)3)7-5-8-15-9-6-11-17-15/h13-16H,4-12H2,1-3H3. The SMILES string of the molecule is CCCNCC(CCCC1CCCO1)C(C)C. The molecule has 2 heteroatoms. The highest BCUT2D eigenvalue weighted by molar-refractivity contribution is 4.69. The fourth-order valence-corrected chi connectivity index (χ4v) is 2.62. The second-order valence-electron chi connectivity index (χ2n) is 5.77. The van der Waals surface area contributed by atoms with Crippen LogP contribution in [0.3, 0.4) is 0 Å². The molecule has 1 aliphatic rings. The van der Waals surface area contributed by atoms with Crippen molar-refractivity contribution in [3.05, 3.63) is 0 Å². The Balaban J connectivity index is 2.10. The van der Waals surface area contributed by atoms with Gasteiger partial charge in [0.15, 0.2) is 0 Å².